The third-order valence-electron chi connectivity index (χ3n) is 2.22. The van der Waals surface area contributed by atoms with Gasteiger partial charge in [-0.05, 0) is 18.9 Å². The van der Waals surface area contributed by atoms with E-state index in [9.17, 15) is 0 Å². The first kappa shape index (κ1) is 8.10. The van der Waals surface area contributed by atoms with Gasteiger partial charge in [-0.2, -0.15) is 0 Å². The van der Waals surface area contributed by atoms with Gasteiger partial charge in [0.1, 0.15) is 0 Å². The van der Waals surface area contributed by atoms with Crippen LogP contribution in [0.2, 0.25) is 0 Å². The summed E-state index contributed by atoms with van der Waals surface area (Å²) in [6.45, 7) is 0. The summed E-state index contributed by atoms with van der Waals surface area (Å²) in [7, 11) is 0. The Labute approximate surface area is 77.7 Å². The summed E-state index contributed by atoms with van der Waals surface area (Å²) >= 11 is 0. The van der Waals surface area contributed by atoms with Gasteiger partial charge >= 0.3 is 0 Å². The standard InChI is InChI=1S/C10H13N3/c11-9-7-12-6-5-10(9)13-8-3-1-2-4-8/h1-2,5-8H,3-4,11H2,(H,12,13). The van der Waals surface area contributed by atoms with Gasteiger partial charge in [0.2, 0.25) is 0 Å². The van der Waals surface area contributed by atoms with Gasteiger partial charge in [0.05, 0.1) is 17.6 Å². The van der Waals surface area contributed by atoms with Gasteiger partial charge in [0.25, 0.3) is 0 Å². The second-order valence-corrected chi connectivity index (χ2v) is 3.25. The van der Waals surface area contributed by atoms with Crippen molar-refractivity contribution in [2.24, 2.45) is 0 Å². The molecule has 2 rings (SSSR count). The Morgan fingerprint density at radius 2 is 2.15 bits per heavy atom. The van der Waals surface area contributed by atoms with Crippen LogP contribution in [0.5, 0.6) is 0 Å². The van der Waals surface area contributed by atoms with Crippen molar-refractivity contribution >= 4 is 11.4 Å². The van der Waals surface area contributed by atoms with E-state index in [1.807, 2.05) is 6.07 Å². The van der Waals surface area contributed by atoms with Crippen LogP contribution in [0.25, 0.3) is 0 Å². The predicted octanol–water partition coefficient (Wildman–Crippen LogP) is 1.79. The number of pyridine rings is 1. The highest BCUT2D eigenvalue weighted by Gasteiger charge is 2.10. The number of nitrogens with one attached hydrogen (secondary N) is 1. The average molecular weight is 175 g/mol. The second kappa shape index (κ2) is 3.47. The first-order valence-electron chi connectivity index (χ1n) is 4.47. The van der Waals surface area contributed by atoms with E-state index in [2.05, 4.69) is 22.5 Å². The molecule has 0 aliphatic heterocycles. The summed E-state index contributed by atoms with van der Waals surface area (Å²) in [5.74, 6) is 0. The lowest BCUT2D eigenvalue weighted by molar-refractivity contribution is 0.787. The Bertz CT molecular complexity index is 312. The van der Waals surface area contributed by atoms with Crippen LogP contribution in [0.15, 0.2) is 30.6 Å². The number of nitrogen functional groups attached to an aromatic ring is 1. The molecule has 1 aliphatic carbocycles. The Kier molecular flexibility index (Phi) is 2.17. The van der Waals surface area contributed by atoms with Crippen LogP contribution >= 0.6 is 0 Å². The lowest BCUT2D eigenvalue weighted by Crippen LogP contribution is -2.16. The Morgan fingerprint density at radius 1 is 1.38 bits per heavy atom. The van der Waals surface area contributed by atoms with Crippen molar-refractivity contribution in [2.75, 3.05) is 11.1 Å². The minimum Gasteiger partial charge on any atom is -0.396 e. The van der Waals surface area contributed by atoms with E-state index in [0.29, 0.717) is 6.04 Å². The molecular formula is C10H13N3. The molecule has 0 bridgehead atoms. The lowest BCUT2D eigenvalue weighted by Gasteiger charge is -2.14. The maximum atomic E-state index is 5.75. The van der Waals surface area contributed by atoms with Crippen LogP contribution in [-0.2, 0) is 0 Å². The van der Waals surface area contributed by atoms with Crippen LogP contribution < -0.4 is 11.1 Å². The van der Waals surface area contributed by atoms with Crippen LogP contribution in [-0.4, -0.2) is 11.0 Å². The van der Waals surface area contributed by atoms with Crippen LogP contribution in [0, 0.1) is 0 Å². The van der Waals surface area contributed by atoms with Gasteiger partial charge < -0.3 is 11.1 Å². The quantitative estimate of drug-likeness (QED) is 0.674. The predicted molar refractivity (Wildman–Crippen MR) is 54.4 cm³/mol. The summed E-state index contributed by atoms with van der Waals surface area (Å²) in [6, 6.07) is 2.41. The fourth-order valence-corrected chi connectivity index (χ4v) is 1.49. The third-order valence-corrected chi connectivity index (χ3v) is 2.22. The summed E-state index contributed by atoms with van der Waals surface area (Å²) in [5, 5.41) is 3.38. The molecule has 0 saturated carbocycles. The summed E-state index contributed by atoms with van der Waals surface area (Å²) in [6.07, 6.45) is 9.97. The number of aromatic nitrogens is 1. The molecule has 0 unspecified atom stereocenters. The molecule has 0 spiro atoms. The SMILES string of the molecule is Nc1cnccc1NC1CC=CC1. The molecule has 13 heavy (non-hydrogen) atoms. The van der Waals surface area contributed by atoms with Crippen molar-refractivity contribution in [3.05, 3.63) is 30.6 Å². The Hall–Kier alpha value is -1.51. The molecule has 68 valence electrons. The molecule has 3 nitrogen and oxygen atoms in total. The molecule has 3 N–H and O–H groups in total. The van der Waals surface area contributed by atoms with Gasteiger partial charge in [0, 0.05) is 12.2 Å². The number of hydrogen-bond donors (Lipinski definition) is 2. The molecule has 1 heterocycles. The van der Waals surface area contributed by atoms with Gasteiger partial charge in [-0.1, -0.05) is 12.2 Å². The second-order valence-electron chi connectivity index (χ2n) is 3.25. The molecule has 0 fully saturated rings. The van der Waals surface area contributed by atoms with Crippen molar-refractivity contribution in [3.8, 4) is 0 Å². The van der Waals surface area contributed by atoms with Gasteiger partial charge in [-0.25, -0.2) is 0 Å². The Morgan fingerprint density at radius 3 is 2.85 bits per heavy atom. The van der Waals surface area contributed by atoms with E-state index in [4.69, 9.17) is 5.73 Å². The highest BCUT2D eigenvalue weighted by atomic mass is 14.9. The highest BCUT2D eigenvalue weighted by molar-refractivity contribution is 5.64. The average Bonchev–Trinajstić information content (AvgIpc) is 2.61. The first-order valence-corrected chi connectivity index (χ1v) is 4.47. The fourth-order valence-electron chi connectivity index (χ4n) is 1.49. The number of hydrogen-bond acceptors (Lipinski definition) is 3. The van der Waals surface area contributed by atoms with Crippen molar-refractivity contribution in [1.82, 2.24) is 4.98 Å². The number of nitrogens with zero attached hydrogens (tertiary/aromatic N) is 1. The smallest absolute Gasteiger partial charge is 0.0736 e. The molecule has 0 radical (unpaired) electrons. The Balaban J connectivity index is 2.05. The third kappa shape index (κ3) is 1.80. The number of anilines is 2. The van der Waals surface area contributed by atoms with E-state index in [1.54, 1.807) is 12.4 Å². The zero-order chi connectivity index (χ0) is 9.10. The van der Waals surface area contributed by atoms with Crippen molar-refractivity contribution < 1.29 is 0 Å². The van der Waals surface area contributed by atoms with Crippen LogP contribution in [0.3, 0.4) is 0 Å². The van der Waals surface area contributed by atoms with Crippen molar-refractivity contribution in [1.29, 1.82) is 0 Å². The number of nitrogens with two attached hydrogens (primary N) is 1. The normalized spacial score (nSPS) is 16.3. The summed E-state index contributed by atoms with van der Waals surface area (Å²) in [5.41, 5.74) is 7.46. The fraction of sp³-hybridized carbons (Fsp3) is 0.300. The maximum absolute atomic E-state index is 5.75. The first-order chi connectivity index (χ1) is 6.36. The zero-order valence-electron chi connectivity index (χ0n) is 7.40. The number of rotatable bonds is 2. The van der Waals surface area contributed by atoms with E-state index < -0.39 is 0 Å². The molecule has 1 aromatic heterocycles. The molecule has 0 aromatic carbocycles. The zero-order valence-corrected chi connectivity index (χ0v) is 7.40. The van der Waals surface area contributed by atoms with Crippen LogP contribution in [0.4, 0.5) is 11.4 Å². The topological polar surface area (TPSA) is 50.9 Å². The van der Waals surface area contributed by atoms with E-state index in [-0.39, 0.29) is 0 Å². The van der Waals surface area contributed by atoms with Crippen molar-refractivity contribution in [3.63, 3.8) is 0 Å². The lowest BCUT2D eigenvalue weighted by atomic mass is 10.2. The molecular weight excluding hydrogens is 162 g/mol. The minimum absolute atomic E-state index is 0.504. The van der Waals surface area contributed by atoms with E-state index in [1.165, 1.54) is 0 Å². The van der Waals surface area contributed by atoms with Gasteiger partial charge in [-0.15, -0.1) is 0 Å². The summed E-state index contributed by atoms with van der Waals surface area (Å²) in [4.78, 5) is 3.94. The molecule has 0 atom stereocenters. The molecule has 3 heteroatoms. The summed E-state index contributed by atoms with van der Waals surface area (Å²) < 4.78 is 0. The highest BCUT2D eigenvalue weighted by Crippen LogP contribution is 2.20. The molecule has 1 aliphatic rings. The van der Waals surface area contributed by atoms with Crippen LogP contribution in [0.1, 0.15) is 12.8 Å². The largest absolute Gasteiger partial charge is 0.396 e. The monoisotopic (exact) mass is 175 g/mol. The molecule has 1 aromatic rings. The minimum atomic E-state index is 0.504. The van der Waals surface area contributed by atoms with Gasteiger partial charge in [0.15, 0.2) is 0 Å². The van der Waals surface area contributed by atoms with E-state index >= 15 is 0 Å². The van der Waals surface area contributed by atoms with Gasteiger partial charge in [-0.3, -0.25) is 4.98 Å². The maximum Gasteiger partial charge on any atom is 0.0736 e. The molecule has 0 saturated heterocycles. The van der Waals surface area contributed by atoms with Crippen molar-refractivity contribution in [2.45, 2.75) is 18.9 Å². The molecule has 0 amide bonds. The van der Waals surface area contributed by atoms with E-state index in [0.717, 1.165) is 24.2 Å².